The van der Waals surface area contributed by atoms with Gasteiger partial charge >= 0.3 is 0 Å². The van der Waals surface area contributed by atoms with Gasteiger partial charge < -0.3 is 5.73 Å². The predicted molar refractivity (Wildman–Crippen MR) is 55.6 cm³/mol. The average Bonchev–Trinajstić information content (AvgIpc) is 2.01. The molecule has 0 aromatic heterocycles. The van der Waals surface area contributed by atoms with Crippen LogP contribution in [0.15, 0.2) is 24.3 Å². The summed E-state index contributed by atoms with van der Waals surface area (Å²) in [6.45, 7) is 2.15. The summed E-state index contributed by atoms with van der Waals surface area (Å²) in [6.07, 6.45) is 3.65. The summed E-state index contributed by atoms with van der Waals surface area (Å²) in [5.74, 6) is 0.844. The van der Waals surface area contributed by atoms with E-state index in [1.54, 1.807) is 0 Å². The van der Waals surface area contributed by atoms with Crippen molar-refractivity contribution in [3.8, 4) is 0 Å². The molecule has 0 amide bonds. The van der Waals surface area contributed by atoms with Gasteiger partial charge in [0.05, 0.1) is 0 Å². The molecule has 0 radical (unpaired) electrons. The van der Waals surface area contributed by atoms with Crippen LogP contribution in [0.1, 0.15) is 24.0 Å². The van der Waals surface area contributed by atoms with E-state index in [4.69, 9.17) is 5.73 Å². The molecular weight excluding hydrogens is 158 g/mol. The van der Waals surface area contributed by atoms with E-state index in [0.29, 0.717) is 6.04 Å². The fourth-order valence-corrected chi connectivity index (χ4v) is 2.13. The fourth-order valence-electron chi connectivity index (χ4n) is 2.13. The highest BCUT2D eigenvalue weighted by molar-refractivity contribution is 5.22. The van der Waals surface area contributed by atoms with Crippen molar-refractivity contribution in [2.45, 2.75) is 32.2 Å². The van der Waals surface area contributed by atoms with Gasteiger partial charge in [0.1, 0.15) is 0 Å². The molecule has 70 valence electrons. The van der Waals surface area contributed by atoms with E-state index in [9.17, 15) is 0 Å². The van der Waals surface area contributed by atoms with Crippen molar-refractivity contribution in [2.75, 3.05) is 0 Å². The Morgan fingerprint density at radius 1 is 1.38 bits per heavy atom. The van der Waals surface area contributed by atoms with Crippen LogP contribution in [-0.4, -0.2) is 6.04 Å². The number of benzene rings is 1. The number of aryl methyl sites for hydroxylation is 1. The van der Waals surface area contributed by atoms with Gasteiger partial charge in [0.25, 0.3) is 0 Å². The van der Waals surface area contributed by atoms with Gasteiger partial charge in [-0.25, -0.2) is 0 Å². The summed E-state index contributed by atoms with van der Waals surface area (Å²) >= 11 is 0. The molecule has 0 saturated heterocycles. The molecule has 1 aromatic carbocycles. The molecule has 2 N–H and O–H groups in total. The van der Waals surface area contributed by atoms with Gasteiger partial charge in [-0.05, 0) is 37.7 Å². The Bertz CT molecular complexity index is 287. The molecule has 1 aliphatic carbocycles. The van der Waals surface area contributed by atoms with Gasteiger partial charge in [0.2, 0.25) is 0 Å². The van der Waals surface area contributed by atoms with E-state index >= 15 is 0 Å². The van der Waals surface area contributed by atoms with Crippen molar-refractivity contribution in [3.63, 3.8) is 0 Å². The van der Waals surface area contributed by atoms with E-state index in [1.165, 1.54) is 30.4 Å². The van der Waals surface area contributed by atoms with Crippen LogP contribution >= 0.6 is 0 Å². The highest BCUT2D eigenvalue weighted by Crippen LogP contribution is 2.29. The molecule has 13 heavy (non-hydrogen) atoms. The van der Waals surface area contributed by atoms with E-state index < -0.39 is 0 Å². The van der Waals surface area contributed by atoms with Crippen molar-refractivity contribution < 1.29 is 0 Å². The van der Waals surface area contributed by atoms with E-state index in [1.807, 2.05) is 0 Å². The Morgan fingerprint density at radius 2 is 2.15 bits per heavy atom. The summed E-state index contributed by atoms with van der Waals surface area (Å²) in [7, 11) is 0. The topological polar surface area (TPSA) is 26.0 Å². The molecule has 0 spiro atoms. The maximum absolute atomic E-state index is 5.75. The Kier molecular flexibility index (Phi) is 2.36. The van der Waals surface area contributed by atoms with Crippen LogP contribution in [0.25, 0.3) is 0 Å². The smallest absolute Gasteiger partial charge is 0.00443 e. The molecule has 0 aliphatic heterocycles. The zero-order chi connectivity index (χ0) is 9.26. The summed E-state index contributed by atoms with van der Waals surface area (Å²) < 4.78 is 0. The van der Waals surface area contributed by atoms with Crippen LogP contribution in [0.3, 0.4) is 0 Å². The Labute approximate surface area is 80.0 Å². The van der Waals surface area contributed by atoms with Gasteiger partial charge in [-0.1, -0.05) is 29.8 Å². The monoisotopic (exact) mass is 175 g/mol. The van der Waals surface area contributed by atoms with Crippen molar-refractivity contribution in [1.29, 1.82) is 0 Å². The highest BCUT2D eigenvalue weighted by Gasteiger charge is 2.25. The number of rotatable bonds is 2. The lowest BCUT2D eigenvalue weighted by atomic mass is 9.77. The number of hydrogen-bond acceptors (Lipinski definition) is 1. The first-order chi connectivity index (χ1) is 6.24. The molecule has 0 atom stereocenters. The van der Waals surface area contributed by atoms with Crippen molar-refractivity contribution in [3.05, 3.63) is 35.4 Å². The standard InChI is InChI=1S/C12H17N/c1-9-3-2-4-10(5-9)6-11-7-12(13)8-11/h2-5,11-12H,6-8,13H2,1H3. The molecule has 1 nitrogen and oxygen atoms in total. The van der Waals surface area contributed by atoms with Gasteiger partial charge in [0.15, 0.2) is 0 Å². The normalized spacial score (nSPS) is 26.9. The van der Waals surface area contributed by atoms with Crippen molar-refractivity contribution >= 4 is 0 Å². The molecule has 0 unspecified atom stereocenters. The Balaban J connectivity index is 1.94. The average molecular weight is 175 g/mol. The summed E-state index contributed by atoms with van der Waals surface area (Å²) in [6, 6.07) is 9.27. The zero-order valence-electron chi connectivity index (χ0n) is 8.16. The summed E-state index contributed by atoms with van der Waals surface area (Å²) in [5.41, 5.74) is 8.58. The van der Waals surface area contributed by atoms with Crippen molar-refractivity contribution in [1.82, 2.24) is 0 Å². The Morgan fingerprint density at radius 3 is 2.77 bits per heavy atom. The second kappa shape index (κ2) is 3.51. The van der Waals surface area contributed by atoms with Crippen LogP contribution in [0, 0.1) is 12.8 Å². The quantitative estimate of drug-likeness (QED) is 0.733. The van der Waals surface area contributed by atoms with E-state index in [2.05, 4.69) is 31.2 Å². The maximum atomic E-state index is 5.75. The maximum Gasteiger partial charge on any atom is 0.00443 e. The van der Waals surface area contributed by atoms with Crippen molar-refractivity contribution in [2.24, 2.45) is 11.7 Å². The minimum Gasteiger partial charge on any atom is -0.328 e. The lowest BCUT2D eigenvalue weighted by Gasteiger charge is -2.32. The first-order valence-corrected chi connectivity index (χ1v) is 5.05. The first-order valence-electron chi connectivity index (χ1n) is 5.05. The molecule has 1 saturated carbocycles. The summed E-state index contributed by atoms with van der Waals surface area (Å²) in [5, 5.41) is 0. The van der Waals surface area contributed by atoms with Crippen LogP contribution < -0.4 is 5.73 Å². The van der Waals surface area contributed by atoms with Gasteiger partial charge in [-0.2, -0.15) is 0 Å². The zero-order valence-corrected chi connectivity index (χ0v) is 8.16. The van der Waals surface area contributed by atoms with Gasteiger partial charge in [-0.3, -0.25) is 0 Å². The second-order valence-corrected chi connectivity index (χ2v) is 4.29. The summed E-state index contributed by atoms with van der Waals surface area (Å²) in [4.78, 5) is 0. The molecule has 0 bridgehead atoms. The lowest BCUT2D eigenvalue weighted by Crippen LogP contribution is -2.37. The lowest BCUT2D eigenvalue weighted by molar-refractivity contribution is 0.264. The third-order valence-electron chi connectivity index (χ3n) is 2.88. The van der Waals surface area contributed by atoms with Crippen LogP contribution in [0.4, 0.5) is 0 Å². The minimum atomic E-state index is 0.481. The molecule has 1 aliphatic rings. The second-order valence-electron chi connectivity index (χ2n) is 4.29. The third kappa shape index (κ3) is 2.10. The molecule has 2 rings (SSSR count). The van der Waals surface area contributed by atoms with Crippen LogP contribution in [0.5, 0.6) is 0 Å². The van der Waals surface area contributed by atoms with Crippen LogP contribution in [0.2, 0.25) is 0 Å². The number of hydrogen-bond donors (Lipinski definition) is 1. The highest BCUT2D eigenvalue weighted by atomic mass is 14.7. The third-order valence-corrected chi connectivity index (χ3v) is 2.88. The largest absolute Gasteiger partial charge is 0.328 e. The van der Waals surface area contributed by atoms with Gasteiger partial charge in [0, 0.05) is 6.04 Å². The first kappa shape index (κ1) is 8.76. The van der Waals surface area contributed by atoms with Crippen LogP contribution in [-0.2, 0) is 6.42 Å². The van der Waals surface area contributed by atoms with E-state index in [-0.39, 0.29) is 0 Å². The molecular formula is C12H17N. The molecule has 1 heteroatoms. The fraction of sp³-hybridized carbons (Fsp3) is 0.500. The SMILES string of the molecule is Cc1cccc(CC2CC(N)C2)c1. The van der Waals surface area contributed by atoms with E-state index in [0.717, 1.165) is 5.92 Å². The molecule has 1 fully saturated rings. The number of nitrogens with two attached hydrogens (primary N) is 1. The molecule has 1 aromatic rings. The minimum absolute atomic E-state index is 0.481. The van der Waals surface area contributed by atoms with Gasteiger partial charge in [-0.15, -0.1) is 0 Å². The predicted octanol–water partition coefficient (Wildman–Crippen LogP) is 2.27. The Hall–Kier alpha value is -0.820. The molecule has 0 heterocycles.